The van der Waals surface area contributed by atoms with Crippen molar-refractivity contribution in [3.8, 4) is 11.4 Å². The van der Waals surface area contributed by atoms with Crippen LogP contribution in [0.4, 0.5) is 34.1 Å². The number of azo groups is 3. The summed E-state index contributed by atoms with van der Waals surface area (Å²) in [6.45, 7) is 1.56. The molecule has 0 spiro atoms. The zero-order valence-electron chi connectivity index (χ0n) is 30.4. The number of phenolic OH excluding ortho intramolecular Hbond substituents is 1. The van der Waals surface area contributed by atoms with Gasteiger partial charge in [0.05, 0.1) is 67.1 Å². The van der Waals surface area contributed by atoms with Crippen LogP contribution in [0.3, 0.4) is 0 Å². The van der Waals surface area contributed by atoms with Gasteiger partial charge in [-0.15, -0.1) is 24.8 Å². The first-order valence-electron chi connectivity index (χ1n) is 16.9. The van der Waals surface area contributed by atoms with Crippen LogP contribution in [0, 0.1) is 6.92 Å². The number of aryl methyl sites for hydroxylation is 1. The number of aromatic amines is 1. The summed E-state index contributed by atoms with van der Waals surface area (Å²) in [5.41, 5.74) is -0.138. The molecule has 0 aliphatic heterocycles. The Balaban J connectivity index is 1.22. The van der Waals surface area contributed by atoms with Gasteiger partial charge >= 0.3 is 11.9 Å². The lowest BCUT2D eigenvalue weighted by Crippen LogP contribution is -2.14. The number of nitrogens with one attached hydrogen (secondary N) is 1. The fourth-order valence-corrected chi connectivity index (χ4v) is 6.92. The van der Waals surface area contributed by atoms with Crippen LogP contribution in [0.25, 0.3) is 27.2 Å². The summed E-state index contributed by atoms with van der Waals surface area (Å²) in [4.78, 5) is 36.1. The molecule has 6 aromatic carbocycles. The molecule has 1 aromatic heterocycles. The predicted octanol–water partition coefficient (Wildman–Crippen LogP) is 9.80. The molecule has 0 aliphatic rings. The number of aromatic hydroxyl groups is 1. The van der Waals surface area contributed by atoms with Crippen LogP contribution in [0.5, 0.6) is 5.75 Å². The topological polar surface area (TPSA) is 300 Å². The van der Waals surface area contributed by atoms with Gasteiger partial charge in [-0.05, 0) is 79.0 Å². The molecule has 0 saturated carbocycles. The van der Waals surface area contributed by atoms with Crippen molar-refractivity contribution < 1.29 is 52.5 Å². The number of aromatic carboxylic acids is 2. The summed E-state index contributed by atoms with van der Waals surface area (Å²) in [7, 11) is -4.53. The Kier molecular flexibility index (Phi) is 11.4. The number of carbonyl (C=O) groups is 2. The van der Waals surface area contributed by atoms with Crippen LogP contribution in [0.15, 0.2) is 148 Å². The molecule has 0 unspecified atom stereocenters. The summed E-state index contributed by atoms with van der Waals surface area (Å²) >= 11 is 0.528. The monoisotopic (exact) mass is 850 g/mol. The van der Waals surface area contributed by atoms with Crippen molar-refractivity contribution in [1.29, 1.82) is 0 Å². The number of carboxylic acids is 2. The largest absolute Gasteiger partial charge is 0.505 e. The summed E-state index contributed by atoms with van der Waals surface area (Å²) in [5.74, 6) is -3.05. The van der Waals surface area contributed by atoms with Crippen molar-refractivity contribution in [2.45, 2.75) is 16.7 Å². The van der Waals surface area contributed by atoms with Crippen molar-refractivity contribution in [2.24, 2.45) is 30.7 Å². The molecule has 0 aliphatic carbocycles. The highest BCUT2D eigenvalue weighted by Gasteiger charge is 2.18. The van der Waals surface area contributed by atoms with Gasteiger partial charge in [0.1, 0.15) is 5.69 Å². The number of benzene rings is 6. The average Bonchev–Trinajstić information content (AvgIpc) is 3.52. The van der Waals surface area contributed by atoms with E-state index in [0.717, 1.165) is 16.8 Å². The zero-order valence-corrected chi connectivity index (χ0v) is 32.0. The smallest absolute Gasteiger partial charge is 0.335 e. The van der Waals surface area contributed by atoms with E-state index in [1.165, 1.54) is 36.4 Å². The Bertz CT molecular complexity index is 3110. The minimum Gasteiger partial charge on any atom is -0.505 e. The van der Waals surface area contributed by atoms with Crippen molar-refractivity contribution in [3.63, 3.8) is 0 Å². The second-order valence-corrected chi connectivity index (χ2v) is 14.7. The summed E-state index contributed by atoms with van der Waals surface area (Å²) < 4.78 is 38.4. The van der Waals surface area contributed by atoms with Crippen LogP contribution < -0.4 is 5.56 Å². The third-order valence-electron chi connectivity index (χ3n) is 8.69. The Labute approximate surface area is 340 Å². The zero-order chi connectivity index (χ0) is 42.7. The third-order valence-corrected chi connectivity index (χ3v) is 10.2. The van der Waals surface area contributed by atoms with Crippen LogP contribution in [0.2, 0.25) is 0 Å². The molecule has 0 atom stereocenters. The highest BCUT2D eigenvalue weighted by Crippen LogP contribution is 2.45. The molecule has 1 heterocycles. The Morgan fingerprint density at radius 2 is 1.35 bits per heavy atom. The van der Waals surface area contributed by atoms with E-state index in [1.807, 2.05) is 0 Å². The minimum atomic E-state index is -4.53. The Morgan fingerprint density at radius 3 is 1.98 bits per heavy atom. The molecular weight excluding hydrogens is 825 g/mol. The summed E-state index contributed by atoms with van der Waals surface area (Å²) in [5, 5.41) is 73.0. The van der Waals surface area contributed by atoms with E-state index in [4.69, 9.17) is 5.26 Å². The molecule has 0 amide bonds. The van der Waals surface area contributed by atoms with E-state index in [-0.39, 0.29) is 55.6 Å². The molecule has 0 bridgehead atoms. The quantitative estimate of drug-likeness (QED) is 0.0207. The summed E-state index contributed by atoms with van der Waals surface area (Å²) in [6, 6.07) is 24.7. The molecule has 0 fully saturated rings. The molecular formula is C38H26N8O12S2. The number of hydrogen-bond donors (Lipinski definition) is 6. The SMILES string of the molecule is Cc1[nH]n(-c2cccc(S(=O)(=O)O)c2)c(=O)c1N=Nc1ccc2cc(SOOO)c(N=Nc3ccc(N=Nc4cc(C(=O)O)cc(C(=O)O)c4)c4ccccc34)c(O)c2c1. The van der Waals surface area contributed by atoms with Gasteiger partial charge in [-0.2, -0.15) is 18.6 Å². The molecule has 0 saturated heterocycles. The predicted molar refractivity (Wildman–Crippen MR) is 214 cm³/mol. The molecule has 7 aromatic rings. The fourth-order valence-electron chi connectivity index (χ4n) is 5.90. The number of aromatic nitrogens is 2. The number of phenols is 1. The first-order chi connectivity index (χ1) is 28.7. The molecule has 7 rings (SSSR count). The Morgan fingerprint density at radius 1 is 0.717 bits per heavy atom. The maximum Gasteiger partial charge on any atom is 0.335 e. The first-order valence-corrected chi connectivity index (χ1v) is 19.1. The van der Waals surface area contributed by atoms with Gasteiger partial charge in [0.15, 0.2) is 11.4 Å². The van der Waals surface area contributed by atoms with Crippen LogP contribution in [0.1, 0.15) is 26.4 Å². The summed E-state index contributed by atoms with van der Waals surface area (Å²) in [6.07, 6.45) is 0. The van der Waals surface area contributed by atoms with Gasteiger partial charge < -0.3 is 15.3 Å². The molecule has 302 valence electrons. The van der Waals surface area contributed by atoms with E-state index in [0.29, 0.717) is 45.3 Å². The van der Waals surface area contributed by atoms with Gasteiger partial charge in [0.2, 0.25) is 0 Å². The van der Waals surface area contributed by atoms with E-state index >= 15 is 0 Å². The molecule has 20 nitrogen and oxygen atoms in total. The first kappa shape index (κ1) is 40.7. The number of rotatable bonds is 13. The van der Waals surface area contributed by atoms with Crippen LogP contribution in [-0.4, -0.2) is 55.3 Å². The van der Waals surface area contributed by atoms with Crippen LogP contribution >= 0.6 is 12.0 Å². The van der Waals surface area contributed by atoms with Gasteiger partial charge in [0, 0.05) is 16.2 Å². The highest BCUT2D eigenvalue weighted by atomic mass is 32.2. The second kappa shape index (κ2) is 16.8. The van der Waals surface area contributed by atoms with Gasteiger partial charge in [-0.25, -0.2) is 19.5 Å². The number of H-pyrrole nitrogens is 1. The van der Waals surface area contributed by atoms with Gasteiger partial charge in [0.25, 0.3) is 15.7 Å². The van der Waals surface area contributed by atoms with Crippen molar-refractivity contribution in [2.75, 3.05) is 0 Å². The Hall–Kier alpha value is -7.47. The average molecular weight is 851 g/mol. The minimum absolute atomic E-state index is 0.000694. The lowest BCUT2D eigenvalue weighted by molar-refractivity contribution is -0.432. The molecule has 0 radical (unpaired) electrons. The normalized spacial score (nSPS) is 12.1. The van der Waals surface area contributed by atoms with E-state index in [2.05, 4.69) is 45.2 Å². The second-order valence-electron chi connectivity index (χ2n) is 12.5. The van der Waals surface area contributed by atoms with Crippen molar-refractivity contribution in [3.05, 3.63) is 130 Å². The number of nitrogens with zero attached hydrogens (tertiary/aromatic N) is 7. The number of fused-ring (bicyclic) bond motifs is 2. The molecule has 6 N–H and O–H groups in total. The maximum atomic E-state index is 13.3. The van der Waals surface area contributed by atoms with Crippen molar-refractivity contribution in [1.82, 2.24) is 9.78 Å². The standard InChI is InChI=1S/C38H26N8O12S2/c1-19-33(36(48)46(45-19)25-5-4-6-26(18-25)60(54,55)56)43-39-23-10-9-20-16-32(59-58-57-53)34(35(47)29(20)17-23)44-42-31-12-11-30(27-7-2-3-8-28(27)31)41-40-24-14-21(37(49)50)13-22(15-24)38(51)52/h2-18,45,47,53H,1H3,(H,49,50)(H,51,52)(H,54,55,56). The van der Waals surface area contributed by atoms with Crippen LogP contribution in [-0.2, 0) is 19.5 Å². The van der Waals surface area contributed by atoms with E-state index < -0.39 is 32.5 Å². The third kappa shape index (κ3) is 8.53. The maximum absolute atomic E-state index is 13.3. The van der Waals surface area contributed by atoms with Gasteiger partial charge in [-0.1, -0.05) is 41.4 Å². The lowest BCUT2D eigenvalue weighted by Gasteiger charge is -2.10. The fraction of sp³-hybridized carbons (Fsp3) is 0.0263. The number of carboxylic acid groups (broad SMARTS) is 2. The highest BCUT2D eigenvalue weighted by molar-refractivity contribution is 7.94. The van der Waals surface area contributed by atoms with Gasteiger partial charge in [-0.3, -0.25) is 14.4 Å². The molecule has 60 heavy (non-hydrogen) atoms. The number of hydrogen-bond acceptors (Lipinski definition) is 16. The lowest BCUT2D eigenvalue weighted by atomic mass is 10.1. The van der Waals surface area contributed by atoms with E-state index in [9.17, 15) is 42.7 Å². The van der Waals surface area contributed by atoms with E-state index in [1.54, 1.807) is 61.5 Å². The molecule has 22 heteroatoms. The van der Waals surface area contributed by atoms with Crippen molar-refractivity contribution >= 4 is 89.8 Å².